The summed E-state index contributed by atoms with van der Waals surface area (Å²) in [5, 5.41) is 4.10. The molecule has 0 aliphatic carbocycles. The van der Waals surface area contributed by atoms with Gasteiger partial charge in [-0.3, -0.25) is 4.90 Å². The van der Waals surface area contributed by atoms with E-state index < -0.39 is 0 Å². The van der Waals surface area contributed by atoms with Crippen molar-refractivity contribution in [1.29, 1.82) is 0 Å². The standard InChI is InChI=1S/C26H31BrN4O4/c1-32-18-7-8-21(27)23(14-18)30-26-28-17-20-22(29-26)15-19(33-13-11-31-9-3-4-10-31)16-24(20)35-25-6-2-5-12-34-25/h7-8,14-17,25H,2-6,9-13H2,1H3,(H,28,29,30). The Morgan fingerprint density at radius 3 is 2.80 bits per heavy atom. The highest BCUT2D eigenvalue weighted by Gasteiger charge is 2.19. The molecule has 0 amide bonds. The lowest BCUT2D eigenvalue weighted by molar-refractivity contribution is -0.105. The van der Waals surface area contributed by atoms with E-state index in [1.165, 1.54) is 12.8 Å². The van der Waals surface area contributed by atoms with Crippen molar-refractivity contribution in [1.82, 2.24) is 14.9 Å². The maximum Gasteiger partial charge on any atom is 0.227 e. The second-order valence-electron chi connectivity index (χ2n) is 8.83. The second-order valence-corrected chi connectivity index (χ2v) is 9.68. The average Bonchev–Trinajstić information content (AvgIpc) is 3.39. The van der Waals surface area contributed by atoms with Crippen molar-refractivity contribution >= 4 is 38.5 Å². The van der Waals surface area contributed by atoms with E-state index in [4.69, 9.17) is 23.9 Å². The highest BCUT2D eigenvalue weighted by atomic mass is 79.9. The molecule has 2 aliphatic heterocycles. The van der Waals surface area contributed by atoms with Crippen molar-refractivity contribution in [2.75, 3.05) is 45.3 Å². The van der Waals surface area contributed by atoms with E-state index >= 15 is 0 Å². The number of likely N-dealkylation sites (tertiary alicyclic amines) is 1. The van der Waals surface area contributed by atoms with Crippen molar-refractivity contribution in [3.63, 3.8) is 0 Å². The van der Waals surface area contributed by atoms with Gasteiger partial charge in [0.2, 0.25) is 5.95 Å². The third-order valence-corrected chi connectivity index (χ3v) is 7.02. The SMILES string of the molecule is COc1ccc(Br)c(Nc2ncc3c(OC4CCCCO4)cc(OCCN4CCCC4)cc3n2)c1. The maximum atomic E-state index is 6.26. The van der Waals surface area contributed by atoms with Crippen LogP contribution < -0.4 is 19.5 Å². The number of anilines is 2. The zero-order valence-corrected chi connectivity index (χ0v) is 21.6. The minimum atomic E-state index is -0.266. The first-order valence-corrected chi connectivity index (χ1v) is 13.0. The van der Waals surface area contributed by atoms with Gasteiger partial charge < -0.3 is 24.3 Å². The fourth-order valence-corrected chi connectivity index (χ4v) is 4.76. The van der Waals surface area contributed by atoms with Gasteiger partial charge in [-0.1, -0.05) is 0 Å². The summed E-state index contributed by atoms with van der Waals surface area (Å²) in [6.45, 7) is 4.56. The highest BCUT2D eigenvalue weighted by Crippen LogP contribution is 2.34. The van der Waals surface area contributed by atoms with E-state index in [2.05, 4.69) is 31.1 Å². The quantitative estimate of drug-likeness (QED) is 0.378. The summed E-state index contributed by atoms with van der Waals surface area (Å²) in [6, 6.07) is 9.58. The predicted molar refractivity (Wildman–Crippen MR) is 139 cm³/mol. The molecule has 186 valence electrons. The van der Waals surface area contributed by atoms with Crippen molar-refractivity contribution in [3.05, 3.63) is 41.0 Å². The van der Waals surface area contributed by atoms with E-state index in [0.717, 1.165) is 71.5 Å². The second kappa shape index (κ2) is 11.4. The summed E-state index contributed by atoms with van der Waals surface area (Å²) in [4.78, 5) is 11.8. The van der Waals surface area contributed by atoms with Gasteiger partial charge in [0.05, 0.1) is 30.3 Å². The molecule has 2 fully saturated rings. The van der Waals surface area contributed by atoms with Crippen LogP contribution in [0.2, 0.25) is 0 Å². The van der Waals surface area contributed by atoms with Crippen LogP contribution in [-0.2, 0) is 4.74 Å². The van der Waals surface area contributed by atoms with E-state index in [-0.39, 0.29) is 6.29 Å². The largest absolute Gasteiger partial charge is 0.497 e. The van der Waals surface area contributed by atoms with E-state index in [0.29, 0.717) is 24.9 Å². The summed E-state index contributed by atoms with van der Waals surface area (Å²) >= 11 is 3.57. The molecule has 0 radical (unpaired) electrons. The molecule has 2 saturated heterocycles. The molecule has 1 unspecified atom stereocenters. The Morgan fingerprint density at radius 1 is 1.11 bits per heavy atom. The van der Waals surface area contributed by atoms with Crippen LogP contribution in [0.1, 0.15) is 32.1 Å². The topological polar surface area (TPSA) is 78.0 Å². The number of fused-ring (bicyclic) bond motifs is 1. The lowest BCUT2D eigenvalue weighted by atomic mass is 10.2. The predicted octanol–water partition coefficient (Wildman–Crippen LogP) is 5.52. The molecule has 35 heavy (non-hydrogen) atoms. The Labute approximate surface area is 214 Å². The van der Waals surface area contributed by atoms with Crippen molar-refractivity contribution in [3.8, 4) is 17.2 Å². The number of halogens is 1. The van der Waals surface area contributed by atoms with Crippen LogP contribution in [-0.4, -0.2) is 61.1 Å². The van der Waals surface area contributed by atoms with Crippen LogP contribution in [0.3, 0.4) is 0 Å². The fraction of sp³-hybridized carbons (Fsp3) is 0.462. The van der Waals surface area contributed by atoms with Gasteiger partial charge in [0.15, 0.2) is 6.29 Å². The highest BCUT2D eigenvalue weighted by molar-refractivity contribution is 9.10. The molecule has 2 aromatic carbocycles. The number of rotatable bonds is 9. The number of hydrogen-bond acceptors (Lipinski definition) is 8. The molecule has 1 atom stereocenters. The Morgan fingerprint density at radius 2 is 2.00 bits per heavy atom. The molecule has 3 heterocycles. The van der Waals surface area contributed by atoms with Crippen molar-refractivity contribution in [2.45, 2.75) is 38.4 Å². The first-order valence-electron chi connectivity index (χ1n) is 12.2. The van der Waals surface area contributed by atoms with Crippen LogP contribution in [0, 0.1) is 0 Å². The maximum absolute atomic E-state index is 6.26. The lowest BCUT2D eigenvalue weighted by Crippen LogP contribution is -2.25. The van der Waals surface area contributed by atoms with Crippen LogP contribution in [0.15, 0.2) is 41.0 Å². The smallest absolute Gasteiger partial charge is 0.227 e. The Balaban J connectivity index is 1.40. The number of methoxy groups -OCH3 is 1. The summed E-state index contributed by atoms with van der Waals surface area (Å²) in [6.07, 6.45) is 7.08. The Kier molecular flexibility index (Phi) is 7.85. The Hall–Kier alpha value is -2.62. The molecular formula is C26H31BrN4O4. The minimum absolute atomic E-state index is 0.266. The van der Waals surface area contributed by atoms with Crippen LogP contribution >= 0.6 is 15.9 Å². The van der Waals surface area contributed by atoms with Crippen LogP contribution in [0.5, 0.6) is 17.2 Å². The van der Waals surface area contributed by atoms with E-state index in [1.54, 1.807) is 13.3 Å². The van der Waals surface area contributed by atoms with Crippen LogP contribution in [0.25, 0.3) is 10.9 Å². The van der Waals surface area contributed by atoms with Gasteiger partial charge in [-0.15, -0.1) is 0 Å². The molecular weight excluding hydrogens is 512 g/mol. The first-order chi connectivity index (χ1) is 17.2. The van der Waals surface area contributed by atoms with E-state index in [1.807, 2.05) is 30.3 Å². The number of nitrogens with one attached hydrogen (secondary N) is 1. The first kappa shape index (κ1) is 24.1. The lowest BCUT2D eigenvalue weighted by Gasteiger charge is -2.24. The monoisotopic (exact) mass is 542 g/mol. The number of benzene rings is 2. The number of ether oxygens (including phenoxy) is 4. The van der Waals surface area contributed by atoms with Gasteiger partial charge in [-0.2, -0.15) is 0 Å². The molecule has 0 spiro atoms. The zero-order chi connectivity index (χ0) is 24.0. The zero-order valence-electron chi connectivity index (χ0n) is 20.0. The van der Waals surface area contributed by atoms with Gasteiger partial charge in [-0.05, 0) is 66.8 Å². The molecule has 0 bridgehead atoms. The van der Waals surface area contributed by atoms with Crippen LogP contribution in [0.4, 0.5) is 11.6 Å². The molecule has 8 nitrogen and oxygen atoms in total. The summed E-state index contributed by atoms with van der Waals surface area (Å²) in [5.41, 5.74) is 1.56. The van der Waals surface area contributed by atoms with Gasteiger partial charge in [0.1, 0.15) is 23.9 Å². The summed E-state index contributed by atoms with van der Waals surface area (Å²) < 4.78 is 24.5. The molecule has 1 N–H and O–H groups in total. The molecule has 1 aromatic heterocycles. The minimum Gasteiger partial charge on any atom is -0.497 e. The van der Waals surface area contributed by atoms with Crippen molar-refractivity contribution in [2.24, 2.45) is 0 Å². The number of nitrogens with zero attached hydrogens (tertiary/aromatic N) is 3. The average molecular weight is 543 g/mol. The number of hydrogen-bond donors (Lipinski definition) is 1. The van der Waals surface area contributed by atoms with E-state index in [9.17, 15) is 0 Å². The van der Waals surface area contributed by atoms with Gasteiger partial charge in [-0.25, -0.2) is 9.97 Å². The fourth-order valence-electron chi connectivity index (χ4n) is 4.41. The third kappa shape index (κ3) is 6.15. The van der Waals surface area contributed by atoms with Gasteiger partial charge >= 0.3 is 0 Å². The molecule has 9 heteroatoms. The molecule has 0 saturated carbocycles. The number of aromatic nitrogens is 2. The van der Waals surface area contributed by atoms with Crippen molar-refractivity contribution < 1.29 is 18.9 Å². The van der Waals surface area contributed by atoms with Gasteiger partial charge in [0.25, 0.3) is 0 Å². The molecule has 5 rings (SSSR count). The Bertz CT molecular complexity index is 1150. The third-order valence-electron chi connectivity index (χ3n) is 6.33. The molecule has 2 aliphatic rings. The summed E-state index contributed by atoms with van der Waals surface area (Å²) in [5.74, 6) is 2.63. The summed E-state index contributed by atoms with van der Waals surface area (Å²) in [7, 11) is 1.64. The molecule has 3 aromatic rings. The van der Waals surface area contributed by atoms with Gasteiger partial charge in [0, 0.05) is 41.8 Å². The normalized spacial score (nSPS) is 18.5.